The number of hydrogen-bond acceptors (Lipinski definition) is 3. The van der Waals surface area contributed by atoms with Crippen molar-refractivity contribution in [2.45, 2.75) is 52.1 Å². The van der Waals surface area contributed by atoms with Gasteiger partial charge in [-0.2, -0.15) is 0 Å². The number of ether oxygens (including phenoxy) is 1. The molecule has 3 nitrogen and oxygen atoms in total. The molecule has 19 heavy (non-hydrogen) atoms. The minimum absolute atomic E-state index is 0.263. The van der Waals surface area contributed by atoms with Gasteiger partial charge in [-0.15, -0.1) is 0 Å². The summed E-state index contributed by atoms with van der Waals surface area (Å²) in [5.41, 5.74) is 0.158. The lowest BCUT2D eigenvalue weighted by Crippen LogP contribution is -2.38. The van der Waals surface area contributed by atoms with Crippen LogP contribution in [-0.2, 0) is 5.60 Å². The van der Waals surface area contributed by atoms with Crippen LogP contribution in [-0.4, -0.2) is 16.7 Å². The molecule has 1 heterocycles. The standard InChI is InChI=1S/C16H25NO2/c1-4-7-19-15-9-14(10-17-11-15)16(18)6-5-12(2)8-13(16)3/h9-13,18H,4-8H2,1-3H3. The quantitative estimate of drug-likeness (QED) is 0.904. The maximum atomic E-state index is 11.0. The van der Waals surface area contributed by atoms with E-state index in [0.29, 0.717) is 12.5 Å². The molecule has 2 rings (SSSR count). The minimum Gasteiger partial charge on any atom is -0.492 e. The Morgan fingerprint density at radius 2 is 2.21 bits per heavy atom. The Balaban J connectivity index is 2.20. The molecule has 0 aliphatic heterocycles. The van der Waals surface area contributed by atoms with Crippen molar-refractivity contribution in [2.75, 3.05) is 6.61 Å². The van der Waals surface area contributed by atoms with Gasteiger partial charge < -0.3 is 9.84 Å². The minimum atomic E-state index is -0.745. The SMILES string of the molecule is CCCOc1cncc(C2(O)CCC(C)CC2C)c1. The van der Waals surface area contributed by atoms with Crippen LogP contribution in [0.3, 0.4) is 0 Å². The zero-order valence-electron chi connectivity index (χ0n) is 12.2. The second kappa shape index (κ2) is 5.91. The van der Waals surface area contributed by atoms with Gasteiger partial charge in [-0.3, -0.25) is 4.98 Å². The molecule has 1 aliphatic rings. The summed E-state index contributed by atoms with van der Waals surface area (Å²) in [5, 5.41) is 11.0. The zero-order chi connectivity index (χ0) is 13.9. The highest BCUT2D eigenvalue weighted by molar-refractivity contribution is 5.29. The lowest BCUT2D eigenvalue weighted by Gasteiger charge is -2.41. The van der Waals surface area contributed by atoms with Crippen molar-refractivity contribution < 1.29 is 9.84 Å². The summed E-state index contributed by atoms with van der Waals surface area (Å²) in [6, 6.07) is 1.95. The summed E-state index contributed by atoms with van der Waals surface area (Å²) in [7, 11) is 0. The summed E-state index contributed by atoms with van der Waals surface area (Å²) >= 11 is 0. The van der Waals surface area contributed by atoms with Crippen molar-refractivity contribution in [1.29, 1.82) is 0 Å². The van der Waals surface area contributed by atoms with E-state index in [9.17, 15) is 5.11 Å². The Kier molecular flexibility index (Phi) is 4.46. The molecule has 0 amide bonds. The van der Waals surface area contributed by atoms with Gasteiger partial charge >= 0.3 is 0 Å². The molecule has 0 bridgehead atoms. The topological polar surface area (TPSA) is 42.4 Å². The first kappa shape index (κ1) is 14.3. The Morgan fingerprint density at radius 1 is 1.42 bits per heavy atom. The van der Waals surface area contributed by atoms with Crippen LogP contribution in [0.25, 0.3) is 0 Å². The van der Waals surface area contributed by atoms with Gasteiger partial charge in [0.1, 0.15) is 5.75 Å². The molecule has 1 saturated carbocycles. The monoisotopic (exact) mass is 263 g/mol. The third kappa shape index (κ3) is 3.08. The molecule has 1 aliphatic carbocycles. The Labute approximate surface area is 116 Å². The third-order valence-electron chi connectivity index (χ3n) is 4.28. The average Bonchev–Trinajstić information content (AvgIpc) is 2.41. The van der Waals surface area contributed by atoms with Crippen LogP contribution in [0.5, 0.6) is 5.75 Å². The third-order valence-corrected chi connectivity index (χ3v) is 4.28. The normalized spacial score (nSPS) is 31.2. The van der Waals surface area contributed by atoms with E-state index in [0.717, 1.165) is 37.0 Å². The van der Waals surface area contributed by atoms with Crippen molar-refractivity contribution >= 4 is 0 Å². The van der Waals surface area contributed by atoms with Gasteiger partial charge in [0.15, 0.2) is 0 Å². The highest BCUT2D eigenvalue weighted by Crippen LogP contribution is 2.43. The molecule has 1 aromatic heterocycles. The first-order valence-electron chi connectivity index (χ1n) is 7.37. The van der Waals surface area contributed by atoms with E-state index in [2.05, 4.69) is 25.8 Å². The van der Waals surface area contributed by atoms with E-state index in [1.54, 1.807) is 12.4 Å². The van der Waals surface area contributed by atoms with Crippen molar-refractivity contribution in [2.24, 2.45) is 11.8 Å². The van der Waals surface area contributed by atoms with Gasteiger partial charge in [0.05, 0.1) is 18.4 Å². The van der Waals surface area contributed by atoms with Crippen LogP contribution in [0.1, 0.15) is 52.0 Å². The van der Waals surface area contributed by atoms with E-state index < -0.39 is 5.60 Å². The van der Waals surface area contributed by atoms with Gasteiger partial charge in [0.25, 0.3) is 0 Å². The number of hydrogen-bond donors (Lipinski definition) is 1. The van der Waals surface area contributed by atoms with E-state index in [-0.39, 0.29) is 5.92 Å². The first-order chi connectivity index (χ1) is 9.06. The van der Waals surface area contributed by atoms with E-state index in [1.165, 1.54) is 0 Å². The van der Waals surface area contributed by atoms with Gasteiger partial charge in [-0.25, -0.2) is 0 Å². The summed E-state index contributed by atoms with van der Waals surface area (Å²) in [5.74, 6) is 1.72. The Bertz CT molecular complexity index is 421. The molecular weight excluding hydrogens is 238 g/mol. The first-order valence-corrected chi connectivity index (χ1v) is 7.37. The summed E-state index contributed by atoms with van der Waals surface area (Å²) < 4.78 is 5.61. The van der Waals surface area contributed by atoms with Crippen LogP contribution in [0.15, 0.2) is 18.5 Å². The number of aromatic nitrogens is 1. The smallest absolute Gasteiger partial charge is 0.137 e. The van der Waals surface area contributed by atoms with Crippen LogP contribution >= 0.6 is 0 Å². The molecule has 3 atom stereocenters. The second-order valence-electron chi connectivity index (χ2n) is 5.96. The average molecular weight is 263 g/mol. The van der Waals surface area contributed by atoms with Crippen molar-refractivity contribution in [1.82, 2.24) is 4.98 Å². The maximum Gasteiger partial charge on any atom is 0.137 e. The van der Waals surface area contributed by atoms with Crippen molar-refractivity contribution in [3.05, 3.63) is 24.0 Å². The largest absolute Gasteiger partial charge is 0.492 e. The van der Waals surface area contributed by atoms with Crippen molar-refractivity contribution in [3.8, 4) is 5.75 Å². The molecule has 1 fully saturated rings. The predicted octanol–water partition coefficient (Wildman–Crippen LogP) is 3.51. The molecule has 0 saturated heterocycles. The molecule has 0 spiro atoms. The van der Waals surface area contributed by atoms with Crippen LogP contribution in [0.2, 0.25) is 0 Å². The number of aliphatic hydroxyl groups is 1. The fourth-order valence-corrected chi connectivity index (χ4v) is 3.01. The van der Waals surface area contributed by atoms with E-state index in [4.69, 9.17) is 4.74 Å². The second-order valence-corrected chi connectivity index (χ2v) is 5.96. The maximum absolute atomic E-state index is 11.0. The van der Waals surface area contributed by atoms with E-state index in [1.807, 2.05) is 6.07 Å². The highest BCUT2D eigenvalue weighted by atomic mass is 16.5. The molecule has 3 unspecified atom stereocenters. The zero-order valence-corrected chi connectivity index (χ0v) is 12.2. The van der Waals surface area contributed by atoms with Crippen LogP contribution in [0, 0.1) is 11.8 Å². The van der Waals surface area contributed by atoms with Crippen molar-refractivity contribution in [3.63, 3.8) is 0 Å². The molecule has 106 valence electrons. The lowest BCUT2D eigenvalue weighted by molar-refractivity contribution is -0.0591. The van der Waals surface area contributed by atoms with Gasteiger partial charge in [-0.05, 0) is 43.6 Å². The van der Waals surface area contributed by atoms with Crippen LogP contribution in [0.4, 0.5) is 0 Å². The summed E-state index contributed by atoms with van der Waals surface area (Å²) in [6.07, 6.45) is 7.43. The molecule has 0 radical (unpaired) electrons. The van der Waals surface area contributed by atoms with Gasteiger partial charge in [0.2, 0.25) is 0 Å². The lowest BCUT2D eigenvalue weighted by atomic mass is 9.69. The van der Waals surface area contributed by atoms with Gasteiger partial charge in [-0.1, -0.05) is 20.8 Å². The Morgan fingerprint density at radius 3 is 2.89 bits per heavy atom. The van der Waals surface area contributed by atoms with E-state index >= 15 is 0 Å². The Hall–Kier alpha value is -1.09. The summed E-state index contributed by atoms with van der Waals surface area (Å²) in [6.45, 7) is 7.16. The molecule has 1 aromatic rings. The molecular formula is C16H25NO2. The fraction of sp³-hybridized carbons (Fsp3) is 0.688. The van der Waals surface area contributed by atoms with Crippen LogP contribution < -0.4 is 4.74 Å². The molecule has 0 aromatic carbocycles. The van der Waals surface area contributed by atoms with Gasteiger partial charge in [0, 0.05) is 11.8 Å². The summed E-state index contributed by atoms with van der Waals surface area (Å²) in [4.78, 5) is 4.23. The highest BCUT2D eigenvalue weighted by Gasteiger charge is 2.40. The molecule has 3 heteroatoms. The molecule has 1 N–H and O–H groups in total. The number of pyridine rings is 1. The predicted molar refractivity (Wildman–Crippen MR) is 76.1 cm³/mol. The fourth-order valence-electron chi connectivity index (χ4n) is 3.01. The number of nitrogens with zero attached hydrogens (tertiary/aromatic N) is 1. The number of rotatable bonds is 4.